The van der Waals surface area contributed by atoms with E-state index >= 15 is 0 Å². The molecule has 1 unspecified atom stereocenters. The van der Waals surface area contributed by atoms with E-state index in [4.69, 9.17) is 9.47 Å². The molecule has 0 aromatic heterocycles. The zero-order chi connectivity index (χ0) is 12.4. The molecule has 1 amide bonds. The average molecular weight is 300 g/mol. The first-order valence-corrected chi connectivity index (χ1v) is 6.23. The molecule has 1 aliphatic heterocycles. The molecule has 0 saturated carbocycles. The lowest BCUT2D eigenvalue weighted by atomic mass is 10.1. The van der Waals surface area contributed by atoms with Gasteiger partial charge in [0.15, 0.2) is 12.6 Å². The number of carbonyl (C=O) groups excluding carboxylic acids is 1. The number of rotatable bonds is 3. The van der Waals surface area contributed by atoms with E-state index in [0.717, 1.165) is 10.2 Å². The molecule has 1 aliphatic rings. The van der Waals surface area contributed by atoms with Crippen molar-refractivity contribution in [1.82, 2.24) is 0 Å². The number of amides is 1. The number of para-hydroxylation sites is 1. The van der Waals surface area contributed by atoms with Crippen LogP contribution in [0.3, 0.4) is 0 Å². The molecule has 0 radical (unpaired) electrons. The lowest BCUT2D eigenvalue weighted by Gasteiger charge is -2.36. The van der Waals surface area contributed by atoms with Crippen LogP contribution in [-0.4, -0.2) is 18.5 Å². The molecule has 1 saturated heterocycles. The molecule has 5 heteroatoms. The van der Waals surface area contributed by atoms with Crippen LogP contribution in [-0.2, 0) is 14.3 Å². The van der Waals surface area contributed by atoms with E-state index in [1.807, 2.05) is 24.3 Å². The van der Waals surface area contributed by atoms with Crippen LogP contribution < -0.4 is 5.32 Å². The van der Waals surface area contributed by atoms with Crippen molar-refractivity contribution >= 4 is 27.5 Å². The molecule has 2 rings (SSSR count). The van der Waals surface area contributed by atoms with Gasteiger partial charge in [-0.2, -0.15) is 0 Å². The summed E-state index contributed by atoms with van der Waals surface area (Å²) in [6.07, 6.45) is -0.647. The molecular formula is C12H14BrNO3. The summed E-state index contributed by atoms with van der Waals surface area (Å²) in [6, 6.07) is 7.46. The molecule has 1 aromatic rings. The second-order valence-electron chi connectivity index (χ2n) is 3.97. The van der Waals surface area contributed by atoms with E-state index in [2.05, 4.69) is 21.2 Å². The summed E-state index contributed by atoms with van der Waals surface area (Å²) in [6.45, 7) is 3.58. The highest BCUT2D eigenvalue weighted by Gasteiger charge is 2.35. The van der Waals surface area contributed by atoms with Crippen LogP contribution >= 0.6 is 15.9 Å². The average Bonchev–Trinajstić information content (AvgIpc) is 2.27. The van der Waals surface area contributed by atoms with E-state index < -0.39 is 6.29 Å². The van der Waals surface area contributed by atoms with Crippen molar-refractivity contribution in [1.29, 1.82) is 0 Å². The Balaban J connectivity index is 1.95. The minimum Gasteiger partial charge on any atom is -0.325 e. The van der Waals surface area contributed by atoms with Crippen LogP contribution in [0, 0.1) is 5.92 Å². The van der Waals surface area contributed by atoms with E-state index in [1.54, 1.807) is 13.8 Å². The van der Waals surface area contributed by atoms with Crippen LogP contribution in [0.5, 0.6) is 0 Å². The second-order valence-corrected chi connectivity index (χ2v) is 4.82. The fraction of sp³-hybridized carbons (Fsp3) is 0.417. The zero-order valence-corrected chi connectivity index (χ0v) is 11.2. The second kappa shape index (κ2) is 5.16. The minimum atomic E-state index is -0.438. The molecule has 1 heterocycles. The molecule has 92 valence electrons. The van der Waals surface area contributed by atoms with Crippen molar-refractivity contribution in [3.63, 3.8) is 0 Å². The summed E-state index contributed by atoms with van der Waals surface area (Å²) in [5.74, 6) is -0.452. The number of anilines is 1. The molecular weight excluding hydrogens is 286 g/mol. The normalized spacial score (nSPS) is 24.9. The van der Waals surface area contributed by atoms with Crippen LogP contribution in [0.25, 0.3) is 0 Å². The van der Waals surface area contributed by atoms with Gasteiger partial charge < -0.3 is 14.8 Å². The predicted molar refractivity (Wildman–Crippen MR) is 67.4 cm³/mol. The number of nitrogens with one attached hydrogen (secondary N) is 1. The van der Waals surface area contributed by atoms with Gasteiger partial charge in [0.2, 0.25) is 5.91 Å². The first kappa shape index (κ1) is 12.5. The molecule has 0 aliphatic carbocycles. The molecule has 0 spiro atoms. The van der Waals surface area contributed by atoms with Gasteiger partial charge in [0.05, 0.1) is 11.6 Å². The van der Waals surface area contributed by atoms with Crippen LogP contribution in [0.15, 0.2) is 28.7 Å². The summed E-state index contributed by atoms with van der Waals surface area (Å²) in [7, 11) is 0. The predicted octanol–water partition coefficient (Wildman–Crippen LogP) is 2.74. The number of benzene rings is 1. The summed E-state index contributed by atoms with van der Waals surface area (Å²) in [4.78, 5) is 11.9. The summed E-state index contributed by atoms with van der Waals surface area (Å²) >= 11 is 3.37. The molecule has 0 bridgehead atoms. The largest absolute Gasteiger partial charge is 0.325 e. The molecule has 4 nitrogen and oxygen atoms in total. The smallest absolute Gasteiger partial charge is 0.232 e. The van der Waals surface area contributed by atoms with Gasteiger partial charge in [0.1, 0.15) is 0 Å². The highest BCUT2D eigenvalue weighted by atomic mass is 79.9. The fourth-order valence-electron chi connectivity index (χ4n) is 1.56. The number of ether oxygens (including phenoxy) is 2. The monoisotopic (exact) mass is 299 g/mol. The Hall–Kier alpha value is -0.910. The third-order valence-corrected chi connectivity index (χ3v) is 3.30. The Morgan fingerprint density at radius 1 is 1.41 bits per heavy atom. The SMILES string of the molecule is CC1OC(C(C)C(=O)Nc2ccccc2Br)O1. The van der Waals surface area contributed by atoms with Crippen molar-refractivity contribution in [3.05, 3.63) is 28.7 Å². The van der Waals surface area contributed by atoms with Gasteiger partial charge in [0, 0.05) is 4.47 Å². The van der Waals surface area contributed by atoms with Crippen molar-refractivity contribution < 1.29 is 14.3 Å². The van der Waals surface area contributed by atoms with Crippen molar-refractivity contribution in [2.45, 2.75) is 26.4 Å². The number of carbonyl (C=O) groups is 1. The highest BCUT2D eigenvalue weighted by Crippen LogP contribution is 2.26. The molecule has 1 N–H and O–H groups in total. The Labute approximate surface area is 108 Å². The maximum Gasteiger partial charge on any atom is 0.232 e. The number of halogens is 1. The summed E-state index contributed by atoms with van der Waals surface area (Å²) in [5.41, 5.74) is 0.747. The van der Waals surface area contributed by atoms with Crippen LogP contribution in [0.4, 0.5) is 5.69 Å². The Morgan fingerprint density at radius 3 is 2.65 bits per heavy atom. The molecule has 17 heavy (non-hydrogen) atoms. The van der Waals surface area contributed by atoms with Gasteiger partial charge in [-0.1, -0.05) is 12.1 Å². The maximum atomic E-state index is 11.9. The number of hydrogen-bond donors (Lipinski definition) is 1. The topological polar surface area (TPSA) is 47.6 Å². The maximum absolute atomic E-state index is 11.9. The van der Waals surface area contributed by atoms with Gasteiger partial charge in [-0.25, -0.2) is 0 Å². The first-order valence-electron chi connectivity index (χ1n) is 5.44. The van der Waals surface area contributed by atoms with E-state index in [9.17, 15) is 4.79 Å². The number of hydrogen-bond acceptors (Lipinski definition) is 3. The fourth-order valence-corrected chi connectivity index (χ4v) is 1.94. The summed E-state index contributed by atoms with van der Waals surface area (Å²) < 4.78 is 11.4. The van der Waals surface area contributed by atoms with Gasteiger partial charge in [-0.05, 0) is 41.9 Å². The lowest BCUT2D eigenvalue weighted by Crippen LogP contribution is -2.46. The van der Waals surface area contributed by atoms with Crippen molar-refractivity contribution in [3.8, 4) is 0 Å². The van der Waals surface area contributed by atoms with Crippen molar-refractivity contribution in [2.75, 3.05) is 5.32 Å². The summed E-state index contributed by atoms with van der Waals surface area (Å²) in [5, 5.41) is 2.83. The van der Waals surface area contributed by atoms with Gasteiger partial charge >= 0.3 is 0 Å². The highest BCUT2D eigenvalue weighted by molar-refractivity contribution is 9.10. The van der Waals surface area contributed by atoms with Gasteiger partial charge in [-0.3, -0.25) is 4.79 Å². The molecule has 1 aromatic carbocycles. The molecule has 1 atom stereocenters. The third-order valence-electron chi connectivity index (χ3n) is 2.61. The Morgan fingerprint density at radius 2 is 2.06 bits per heavy atom. The third kappa shape index (κ3) is 2.86. The lowest BCUT2D eigenvalue weighted by molar-refractivity contribution is -0.385. The first-order chi connectivity index (χ1) is 8.08. The Bertz CT molecular complexity index is 418. The standard InChI is InChI=1S/C12H14BrNO3/c1-7(12-16-8(2)17-12)11(15)14-10-6-4-3-5-9(10)13/h3-8,12H,1-2H3,(H,14,15). The van der Waals surface area contributed by atoms with Gasteiger partial charge in [0.25, 0.3) is 0 Å². The minimum absolute atomic E-state index is 0.117. The van der Waals surface area contributed by atoms with Crippen molar-refractivity contribution in [2.24, 2.45) is 5.92 Å². The van der Waals surface area contributed by atoms with E-state index in [-0.39, 0.29) is 18.1 Å². The zero-order valence-electron chi connectivity index (χ0n) is 9.64. The van der Waals surface area contributed by atoms with Gasteiger partial charge in [-0.15, -0.1) is 0 Å². The van der Waals surface area contributed by atoms with Crippen LogP contribution in [0.2, 0.25) is 0 Å². The molecule has 1 fully saturated rings. The van der Waals surface area contributed by atoms with E-state index in [1.165, 1.54) is 0 Å². The Kier molecular flexibility index (Phi) is 3.81. The van der Waals surface area contributed by atoms with Crippen LogP contribution in [0.1, 0.15) is 13.8 Å². The quantitative estimate of drug-likeness (QED) is 0.933. The van der Waals surface area contributed by atoms with E-state index in [0.29, 0.717) is 0 Å².